The van der Waals surface area contributed by atoms with Crippen molar-refractivity contribution in [3.05, 3.63) is 33.8 Å². The summed E-state index contributed by atoms with van der Waals surface area (Å²) in [5, 5.41) is 10.4. The Morgan fingerprint density at radius 3 is 2.68 bits per heavy atom. The molecule has 0 spiro atoms. The summed E-state index contributed by atoms with van der Waals surface area (Å²) >= 11 is 13.5. The van der Waals surface area contributed by atoms with Gasteiger partial charge in [-0.25, -0.2) is 9.97 Å². The molecule has 0 atom stereocenters. The molecule has 0 aliphatic rings. The Balaban J connectivity index is 2.77. The minimum Gasteiger partial charge on any atom is -0.382 e. The molecule has 0 saturated carbocycles. The molecule has 1 aromatic carbocycles. The Labute approximate surface area is 124 Å². The number of anilines is 1. The van der Waals surface area contributed by atoms with Crippen molar-refractivity contribution in [3.8, 4) is 17.3 Å². The van der Waals surface area contributed by atoms with Crippen molar-refractivity contribution in [2.24, 2.45) is 0 Å². The van der Waals surface area contributed by atoms with E-state index in [9.17, 15) is 5.26 Å². The number of nitrogens with two attached hydrogens (primary N) is 1. The van der Waals surface area contributed by atoms with Crippen LogP contribution in [0.25, 0.3) is 11.3 Å². The number of hydrogen-bond acceptors (Lipinski definition) is 5. The Morgan fingerprint density at radius 1 is 1.32 bits per heavy atom. The lowest BCUT2D eigenvalue weighted by molar-refractivity contribution is 0.979. The highest BCUT2D eigenvalue weighted by Gasteiger charge is 2.17. The zero-order valence-corrected chi connectivity index (χ0v) is 12.1. The third-order valence-corrected chi connectivity index (χ3v) is 3.78. The van der Waals surface area contributed by atoms with E-state index in [1.807, 2.05) is 12.3 Å². The molecule has 0 fully saturated rings. The molecule has 0 radical (unpaired) electrons. The number of thioether (sulfide) groups is 1. The number of nitrogens with zero attached hydrogens (tertiary/aromatic N) is 3. The van der Waals surface area contributed by atoms with E-state index in [1.54, 1.807) is 18.2 Å². The van der Waals surface area contributed by atoms with Crippen LogP contribution in [0.2, 0.25) is 10.0 Å². The van der Waals surface area contributed by atoms with Crippen LogP contribution >= 0.6 is 35.0 Å². The fourth-order valence-electron chi connectivity index (χ4n) is 1.54. The summed E-state index contributed by atoms with van der Waals surface area (Å²) < 4.78 is 0. The number of nitrogen functional groups attached to an aromatic ring is 1. The highest BCUT2D eigenvalue weighted by Crippen LogP contribution is 2.35. The van der Waals surface area contributed by atoms with Crippen molar-refractivity contribution in [3.63, 3.8) is 0 Å². The predicted octanol–water partition coefficient (Wildman–Crippen LogP) is 3.63. The monoisotopic (exact) mass is 310 g/mol. The van der Waals surface area contributed by atoms with Gasteiger partial charge in [-0.05, 0) is 12.3 Å². The minimum absolute atomic E-state index is 0.132. The van der Waals surface area contributed by atoms with E-state index in [-0.39, 0.29) is 11.4 Å². The maximum atomic E-state index is 9.19. The van der Waals surface area contributed by atoms with Gasteiger partial charge in [-0.2, -0.15) is 5.26 Å². The first-order valence-corrected chi connectivity index (χ1v) is 7.12. The fraction of sp³-hybridized carbons (Fsp3) is 0.0833. The second-order valence-electron chi connectivity index (χ2n) is 3.53. The average Bonchev–Trinajstić information content (AvgIpc) is 2.41. The van der Waals surface area contributed by atoms with Crippen molar-refractivity contribution < 1.29 is 0 Å². The van der Waals surface area contributed by atoms with E-state index in [2.05, 4.69) is 9.97 Å². The number of halogens is 2. The summed E-state index contributed by atoms with van der Waals surface area (Å²) in [6.45, 7) is 0. The average molecular weight is 311 g/mol. The van der Waals surface area contributed by atoms with Gasteiger partial charge in [0.25, 0.3) is 0 Å². The van der Waals surface area contributed by atoms with Crippen LogP contribution in [0.4, 0.5) is 5.82 Å². The van der Waals surface area contributed by atoms with Crippen molar-refractivity contribution in [2.45, 2.75) is 5.16 Å². The van der Waals surface area contributed by atoms with Crippen LogP contribution in [0.5, 0.6) is 0 Å². The molecule has 0 unspecified atom stereocenters. The zero-order chi connectivity index (χ0) is 14.0. The molecular weight excluding hydrogens is 303 g/mol. The summed E-state index contributed by atoms with van der Waals surface area (Å²) in [6.07, 6.45) is 1.82. The van der Waals surface area contributed by atoms with Gasteiger partial charge in [0.05, 0.1) is 15.7 Å². The largest absolute Gasteiger partial charge is 0.382 e. The maximum Gasteiger partial charge on any atom is 0.189 e. The summed E-state index contributed by atoms with van der Waals surface area (Å²) in [5.74, 6) is 0.132. The van der Waals surface area contributed by atoms with Crippen molar-refractivity contribution in [1.29, 1.82) is 5.26 Å². The molecular formula is C12H8Cl2N4S. The minimum atomic E-state index is 0.132. The quantitative estimate of drug-likeness (QED) is 0.677. The molecule has 1 aromatic heterocycles. The van der Waals surface area contributed by atoms with Crippen LogP contribution in [-0.2, 0) is 0 Å². The molecule has 0 amide bonds. The van der Waals surface area contributed by atoms with Gasteiger partial charge in [-0.3, -0.25) is 0 Å². The third kappa shape index (κ3) is 2.61. The molecule has 0 bridgehead atoms. The summed E-state index contributed by atoms with van der Waals surface area (Å²) in [4.78, 5) is 8.33. The van der Waals surface area contributed by atoms with Crippen LogP contribution in [0.3, 0.4) is 0 Å². The second kappa shape index (κ2) is 5.66. The van der Waals surface area contributed by atoms with E-state index < -0.39 is 0 Å². The molecule has 0 saturated heterocycles. The van der Waals surface area contributed by atoms with Gasteiger partial charge >= 0.3 is 0 Å². The molecule has 2 aromatic rings. The molecule has 19 heavy (non-hydrogen) atoms. The fourth-order valence-corrected chi connectivity index (χ4v) is 2.30. The third-order valence-electron chi connectivity index (χ3n) is 2.42. The van der Waals surface area contributed by atoms with Gasteiger partial charge in [-0.15, -0.1) is 0 Å². The van der Waals surface area contributed by atoms with Gasteiger partial charge in [0.15, 0.2) is 5.16 Å². The second-order valence-corrected chi connectivity index (χ2v) is 5.09. The highest BCUT2D eigenvalue weighted by atomic mass is 35.5. The first kappa shape index (κ1) is 13.9. The van der Waals surface area contributed by atoms with Gasteiger partial charge < -0.3 is 5.73 Å². The smallest absolute Gasteiger partial charge is 0.189 e. The number of rotatable bonds is 2. The van der Waals surface area contributed by atoms with Crippen LogP contribution in [0.1, 0.15) is 5.56 Å². The number of benzene rings is 1. The normalized spacial score (nSPS) is 10.2. The van der Waals surface area contributed by atoms with E-state index in [4.69, 9.17) is 28.9 Å². The highest BCUT2D eigenvalue weighted by molar-refractivity contribution is 7.98. The number of aromatic nitrogens is 2. The standard InChI is InChI=1S/C12H8Cl2N4S/c1-19-12-17-10(7(5-15)11(16)18-12)6-3-2-4-8(13)9(6)14/h2-4H,1H3,(H2,16,17,18). The van der Waals surface area contributed by atoms with Crippen LogP contribution in [-0.4, -0.2) is 16.2 Å². The lowest BCUT2D eigenvalue weighted by atomic mass is 10.1. The van der Waals surface area contributed by atoms with E-state index in [0.717, 1.165) is 0 Å². The Kier molecular flexibility index (Phi) is 4.15. The summed E-state index contributed by atoms with van der Waals surface area (Å²) in [5.41, 5.74) is 6.93. The van der Waals surface area contributed by atoms with Gasteiger partial charge in [0.2, 0.25) is 0 Å². The van der Waals surface area contributed by atoms with Crippen molar-refractivity contribution in [1.82, 2.24) is 9.97 Å². The van der Waals surface area contributed by atoms with Crippen molar-refractivity contribution >= 4 is 40.8 Å². The van der Waals surface area contributed by atoms with Crippen LogP contribution < -0.4 is 5.73 Å². The molecule has 96 valence electrons. The number of hydrogen-bond donors (Lipinski definition) is 1. The molecule has 0 aliphatic carbocycles. The molecule has 1 heterocycles. The molecule has 0 aliphatic heterocycles. The molecule has 2 rings (SSSR count). The Morgan fingerprint density at radius 2 is 2.05 bits per heavy atom. The lowest BCUT2D eigenvalue weighted by Gasteiger charge is -2.09. The van der Waals surface area contributed by atoms with Crippen molar-refractivity contribution in [2.75, 3.05) is 12.0 Å². The van der Waals surface area contributed by atoms with Gasteiger partial charge in [-0.1, -0.05) is 47.1 Å². The lowest BCUT2D eigenvalue weighted by Crippen LogP contribution is -2.02. The zero-order valence-electron chi connectivity index (χ0n) is 9.82. The first-order valence-electron chi connectivity index (χ1n) is 5.14. The van der Waals surface area contributed by atoms with Crippen LogP contribution in [0.15, 0.2) is 23.4 Å². The topological polar surface area (TPSA) is 75.6 Å². The Hall–Kier alpha value is -1.48. The Bertz CT molecular complexity index is 682. The van der Waals surface area contributed by atoms with Gasteiger partial charge in [0.1, 0.15) is 17.5 Å². The maximum absolute atomic E-state index is 9.19. The molecule has 7 heteroatoms. The predicted molar refractivity (Wildman–Crippen MR) is 78.4 cm³/mol. The van der Waals surface area contributed by atoms with Crippen LogP contribution in [0, 0.1) is 11.3 Å². The summed E-state index contributed by atoms with van der Waals surface area (Å²) in [6, 6.07) is 7.14. The SMILES string of the molecule is CSc1nc(N)c(C#N)c(-c2cccc(Cl)c2Cl)n1. The molecule has 2 N–H and O–H groups in total. The number of nitriles is 1. The van der Waals surface area contributed by atoms with Gasteiger partial charge in [0, 0.05) is 5.56 Å². The van der Waals surface area contributed by atoms with E-state index >= 15 is 0 Å². The first-order chi connectivity index (χ1) is 9.08. The molecule has 4 nitrogen and oxygen atoms in total. The van der Waals surface area contributed by atoms with E-state index in [0.29, 0.717) is 26.5 Å². The van der Waals surface area contributed by atoms with E-state index in [1.165, 1.54) is 11.8 Å². The summed E-state index contributed by atoms with van der Waals surface area (Å²) in [7, 11) is 0.